The molecule has 0 unspecified atom stereocenters. The molecule has 1 N–H and O–H groups in total. The van der Waals surface area contributed by atoms with Gasteiger partial charge in [-0.1, -0.05) is 12.1 Å². The van der Waals surface area contributed by atoms with Crippen molar-refractivity contribution in [1.29, 1.82) is 0 Å². The highest BCUT2D eigenvalue weighted by atomic mass is 19.1. The first-order valence-corrected chi connectivity index (χ1v) is 12.2. The first-order valence-electron chi connectivity index (χ1n) is 12.2. The van der Waals surface area contributed by atoms with Crippen LogP contribution in [0.2, 0.25) is 0 Å². The van der Waals surface area contributed by atoms with Gasteiger partial charge in [-0.3, -0.25) is 9.59 Å². The van der Waals surface area contributed by atoms with Crippen LogP contribution in [0.5, 0.6) is 5.75 Å². The molecule has 0 bridgehead atoms. The second kappa shape index (κ2) is 10.7. The molecule has 0 aliphatic carbocycles. The molecule has 3 heterocycles. The van der Waals surface area contributed by atoms with Gasteiger partial charge in [-0.25, -0.2) is 9.07 Å². The number of piperidine rings is 1. The van der Waals surface area contributed by atoms with Gasteiger partial charge in [0.1, 0.15) is 17.1 Å². The predicted octanol–water partition coefficient (Wildman–Crippen LogP) is 3.98. The molecule has 1 atom stereocenters. The molecule has 8 nitrogen and oxygen atoms in total. The quantitative estimate of drug-likeness (QED) is 0.415. The molecule has 9 heteroatoms. The lowest BCUT2D eigenvalue weighted by molar-refractivity contribution is -0.126. The summed E-state index contributed by atoms with van der Waals surface area (Å²) in [6, 6.07) is 17.2. The van der Waals surface area contributed by atoms with Crippen LogP contribution < -0.4 is 10.1 Å². The van der Waals surface area contributed by atoms with E-state index >= 15 is 0 Å². The van der Waals surface area contributed by atoms with Crippen LogP contribution in [0, 0.1) is 11.7 Å². The lowest BCUT2D eigenvalue weighted by Crippen LogP contribution is -2.45. The van der Waals surface area contributed by atoms with Crippen molar-refractivity contribution in [3.8, 4) is 17.3 Å². The molecule has 1 aliphatic rings. The van der Waals surface area contributed by atoms with E-state index in [0.717, 1.165) is 17.7 Å². The molecule has 1 fully saturated rings. The van der Waals surface area contributed by atoms with Gasteiger partial charge in [0.15, 0.2) is 5.82 Å². The average Bonchev–Trinajstić information content (AvgIpc) is 3.62. The predicted molar refractivity (Wildman–Crippen MR) is 136 cm³/mol. The lowest BCUT2D eigenvalue weighted by atomic mass is 9.96. The number of hydrogen-bond donors (Lipinski definition) is 1. The van der Waals surface area contributed by atoms with Crippen molar-refractivity contribution in [3.05, 3.63) is 96.2 Å². The lowest BCUT2D eigenvalue weighted by Gasteiger charge is -2.32. The van der Waals surface area contributed by atoms with E-state index in [-0.39, 0.29) is 23.5 Å². The molecular formula is C28H28FN5O3. The molecule has 37 heavy (non-hydrogen) atoms. The topological polar surface area (TPSA) is 81.4 Å². The van der Waals surface area contributed by atoms with Gasteiger partial charge >= 0.3 is 0 Å². The Morgan fingerprint density at radius 1 is 1.11 bits per heavy atom. The molecule has 2 aromatic heterocycles. The summed E-state index contributed by atoms with van der Waals surface area (Å²) in [6.45, 7) is 1.28. The van der Waals surface area contributed by atoms with Crippen LogP contribution in [0.25, 0.3) is 11.5 Å². The number of rotatable bonds is 7. The van der Waals surface area contributed by atoms with Gasteiger partial charge in [-0.05, 0) is 66.9 Å². The Labute approximate surface area is 214 Å². The smallest absolute Gasteiger partial charge is 0.259 e. The number of likely N-dealkylation sites (tertiary alicyclic amines) is 1. The summed E-state index contributed by atoms with van der Waals surface area (Å²) in [4.78, 5) is 28.4. The zero-order valence-electron chi connectivity index (χ0n) is 20.5. The van der Waals surface area contributed by atoms with Crippen molar-refractivity contribution in [3.63, 3.8) is 0 Å². The van der Waals surface area contributed by atoms with Gasteiger partial charge in [-0.2, -0.15) is 5.10 Å². The van der Waals surface area contributed by atoms with E-state index in [4.69, 9.17) is 4.74 Å². The van der Waals surface area contributed by atoms with Crippen molar-refractivity contribution in [2.45, 2.75) is 19.4 Å². The second-order valence-electron chi connectivity index (χ2n) is 9.02. The van der Waals surface area contributed by atoms with E-state index in [1.807, 2.05) is 53.4 Å². The summed E-state index contributed by atoms with van der Waals surface area (Å²) < 4.78 is 22.2. The highest BCUT2D eigenvalue weighted by molar-refractivity contribution is 5.97. The number of aromatic nitrogens is 3. The summed E-state index contributed by atoms with van der Waals surface area (Å²) in [5.41, 5.74) is 2.00. The highest BCUT2D eigenvalue weighted by Gasteiger charge is 2.31. The average molecular weight is 502 g/mol. The number of nitrogens with zero attached hydrogens (tertiary/aromatic N) is 4. The molecule has 0 spiro atoms. The Balaban J connectivity index is 1.33. The van der Waals surface area contributed by atoms with Crippen LogP contribution in [0.4, 0.5) is 4.39 Å². The Morgan fingerprint density at radius 3 is 2.65 bits per heavy atom. The standard InChI is InChI=1S/C28H28FN5O3/c1-37-24-8-4-6-20(16-24)17-30-26(35)21-7-5-15-33(19-21)28(36)25-18-31-34(23-11-9-22(29)10-12-23)27(25)32-13-2-3-14-32/h2-4,6,8-14,16,18,21H,5,7,15,17,19H2,1H3,(H,30,35)/t21-/m1/s1. The number of carbonyl (C=O) groups excluding carboxylic acids is 2. The fourth-order valence-electron chi connectivity index (χ4n) is 4.65. The van der Waals surface area contributed by atoms with E-state index in [0.29, 0.717) is 43.1 Å². The first-order chi connectivity index (χ1) is 18.0. The number of ether oxygens (including phenoxy) is 1. The molecule has 190 valence electrons. The van der Waals surface area contributed by atoms with Gasteiger partial charge in [0, 0.05) is 32.0 Å². The number of hydrogen-bond acceptors (Lipinski definition) is 4. The van der Waals surface area contributed by atoms with E-state index < -0.39 is 0 Å². The largest absolute Gasteiger partial charge is 0.497 e. The van der Waals surface area contributed by atoms with Gasteiger partial charge in [0.25, 0.3) is 5.91 Å². The number of nitrogens with one attached hydrogen (secondary N) is 1. The second-order valence-corrected chi connectivity index (χ2v) is 9.02. The number of carbonyl (C=O) groups is 2. The molecule has 0 saturated carbocycles. The Hall–Kier alpha value is -4.40. The van der Waals surface area contributed by atoms with Crippen molar-refractivity contribution < 1.29 is 18.7 Å². The van der Waals surface area contributed by atoms with Crippen molar-refractivity contribution in [2.75, 3.05) is 20.2 Å². The van der Waals surface area contributed by atoms with Crippen molar-refractivity contribution in [1.82, 2.24) is 24.6 Å². The van der Waals surface area contributed by atoms with E-state index in [1.165, 1.54) is 18.3 Å². The van der Waals surface area contributed by atoms with Gasteiger partial charge in [0.2, 0.25) is 5.91 Å². The van der Waals surface area contributed by atoms with Gasteiger partial charge in [0.05, 0.1) is 24.9 Å². The van der Waals surface area contributed by atoms with E-state index in [2.05, 4.69) is 10.4 Å². The highest BCUT2D eigenvalue weighted by Crippen LogP contribution is 2.25. The van der Waals surface area contributed by atoms with E-state index in [9.17, 15) is 14.0 Å². The molecule has 5 rings (SSSR count). The third kappa shape index (κ3) is 5.25. The van der Waals surface area contributed by atoms with Crippen molar-refractivity contribution >= 4 is 11.8 Å². The van der Waals surface area contributed by atoms with Crippen LogP contribution in [0.15, 0.2) is 79.3 Å². The summed E-state index contributed by atoms with van der Waals surface area (Å²) in [5, 5.41) is 7.46. The molecule has 4 aromatic rings. The third-order valence-electron chi connectivity index (χ3n) is 6.57. The fraction of sp³-hybridized carbons (Fsp3) is 0.250. The minimum atomic E-state index is -0.348. The Kier molecular flexibility index (Phi) is 7.02. The SMILES string of the molecule is COc1cccc(CNC(=O)[C@@H]2CCCN(C(=O)c3cnn(-c4ccc(F)cc4)c3-n3cccc3)C2)c1. The molecule has 0 radical (unpaired) electrons. The number of benzene rings is 2. The molecule has 2 amide bonds. The van der Waals surface area contributed by atoms with Gasteiger partial charge in [-0.15, -0.1) is 0 Å². The minimum Gasteiger partial charge on any atom is -0.497 e. The zero-order chi connectivity index (χ0) is 25.8. The summed E-state index contributed by atoms with van der Waals surface area (Å²) >= 11 is 0. The first kappa shape index (κ1) is 24.3. The molecular weight excluding hydrogens is 473 g/mol. The third-order valence-corrected chi connectivity index (χ3v) is 6.57. The summed E-state index contributed by atoms with van der Waals surface area (Å²) in [6.07, 6.45) is 6.64. The minimum absolute atomic E-state index is 0.0760. The van der Waals surface area contributed by atoms with Crippen LogP contribution in [0.1, 0.15) is 28.8 Å². The van der Waals surface area contributed by atoms with Gasteiger partial charge < -0.3 is 19.5 Å². The number of amides is 2. The summed E-state index contributed by atoms with van der Waals surface area (Å²) in [7, 11) is 1.61. The van der Waals surface area contributed by atoms with Crippen LogP contribution in [-0.2, 0) is 11.3 Å². The maximum absolute atomic E-state index is 13.7. The molecule has 1 aliphatic heterocycles. The maximum atomic E-state index is 13.7. The Morgan fingerprint density at radius 2 is 1.89 bits per heavy atom. The Bertz CT molecular complexity index is 1380. The summed E-state index contributed by atoms with van der Waals surface area (Å²) in [5.74, 6) is 0.381. The van der Waals surface area contributed by atoms with Crippen LogP contribution in [-0.4, -0.2) is 51.3 Å². The van der Waals surface area contributed by atoms with Crippen LogP contribution in [0.3, 0.4) is 0 Å². The van der Waals surface area contributed by atoms with Crippen LogP contribution >= 0.6 is 0 Å². The monoisotopic (exact) mass is 501 g/mol. The fourth-order valence-corrected chi connectivity index (χ4v) is 4.65. The van der Waals surface area contributed by atoms with Crippen molar-refractivity contribution in [2.24, 2.45) is 5.92 Å². The zero-order valence-corrected chi connectivity index (χ0v) is 20.5. The molecule has 1 saturated heterocycles. The molecule has 2 aromatic carbocycles. The number of methoxy groups -OCH3 is 1. The normalized spacial score (nSPS) is 15.4. The maximum Gasteiger partial charge on any atom is 0.259 e. The number of halogens is 1. The van der Waals surface area contributed by atoms with E-state index in [1.54, 1.807) is 28.8 Å².